The standard InChI is InChI=1S/C23H24N2O3/c1-2-28-23(27)19-15-25(21(26)14-16-8-4-3-5-9-16)13-12-18-17-10-6-7-11-20(17)24-22(18)19/h3-11,19,24H,2,12-15H2,1H3. The van der Waals surface area contributed by atoms with E-state index in [-0.39, 0.29) is 11.9 Å². The quantitative estimate of drug-likeness (QED) is 0.710. The molecule has 144 valence electrons. The molecule has 0 radical (unpaired) electrons. The number of aromatic nitrogens is 1. The summed E-state index contributed by atoms with van der Waals surface area (Å²) in [7, 11) is 0. The number of benzene rings is 2. The Kier molecular flexibility index (Phi) is 5.15. The van der Waals surface area contributed by atoms with E-state index in [4.69, 9.17) is 4.74 Å². The third-order valence-electron chi connectivity index (χ3n) is 5.35. The Balaban J connectivity index is 1.65. The summed E-state index contributed by atoms with van der Waals surface area (Å²) in [5.41, 5.74) is 4.00. The van der Waals surface area contributed by atoms with Crippen LogP contribution in [0.1, 0.15) is 29.7 Å². The minimum absolute atomic E-state index is 0.0370. The molecule has 0 fully saturated rings. The smallest absolute Gasteiger partial charge is 0.316 e. The number of para-hydroxylation sites is 1. The highest BCUT2D eigenvalue weighted by molar-refractivity contribution is 5.89. The maximum atomic E-state index is 12.9. The van der Waals surface area contributed by atoms with Gasteiger partial charge in [-0.15, -0.1) is 0 Å². The van der Waals surface area contributed by atoms with Gasteiger partial charge in [0.2, 0.25) is 5.91 Å². The van der Waals surface area contributed by atoms with Crippen LogP contribution in [0, 0.1) is 0 Å². The molecule has 1 N–H and O–H groups in total. The van der Waals surface area contributed by atoms with Crippen LogP contribution in [0.3, 0.4) is 0 Å². The van der Waals surface area contributed by atoms with E-state index in [1.54, 1.807) is 11.8 Å². The van der Waals surface area contributed by atoms with Crippen LogP contribution in [0.5, 0.6) is 0 Å². The van der Waals surface area contributed by atoms with Gasteiger partial charge in [0.1, 0.15) is 5.92 Å². The first-order valence-electron chi connectivity index (χ1n) is 9.75. The molecule has 1 aromatic heterocycles. The van der Waals surface area contributed by atoms with Crippen molar-refractivity contribution in [2.45, 2.75) is 25.7 Å². The van der Waals surface area contributed by atoms with E-state index in [2.05, 4.69) is 11.1 Å². The molecule has 4 rings (SSSR count). The second-order valence-corrected chi connectivity index (χ2v) is 7.12. The molecule has 5 nitrogen and oxygen atoms in total. The number of rotatable bonds is 4. The maximum absolute atomic E-state index is 12.9. The van der Waals surface area contributed by atoms with Gasteiger partial charge in [-0.1, -0.05) is 48.5 Å². The summed E-state index contributed by atoms with van der Waals surface area (Å²) >= 11 is 0. The molecule has 0 saturated heterocycles. The van der Waals surface area contributed by atoms with Gasteiger partial charge in [-0.3, -0.25) is 9.59 Å². The number of hydrogen-bond acceptors (Lipinski definition) is 3. The molecular weight excluding hydrogens is 352 g/mol. The SMILES string of the molecule is CCOC(=O)C1CN(C(=O)Cc2ccccc2)CCc2c1[nH]c1ccccc21. The van der Waals surface area contributed by atoms with Crippen LogP contribution in [0.25, 0.3) is 10.9 Å². The molecule has 1 unspecified atom stereocenters. The van der Waals surface area contributed by atoms with Crippen LogP contribution >= 0.6 is 0 Å². The minimum Gasteiger partial charge on any atom is -0.465 e. The van der Waals surface area contributed by atoms with Crippen molar-refractivity contribution in [3.8, 4) is 0 Å². The lowest BCUT2D eigenvalue weighted by molar-refractivity contribution is -0.146. The Morgan fingerprint density at radius 2 is 1.86 bits per heavy atom. The molecule has 1 aliphatic heterocycles. The van der Waals surface area contributed by atoms with E-state index >= 15 is 0 Å². The van der Waals surface area contributed by atoms with Gasteiger partial charge in [0.25, 0.3) is 0 Å². The Morgan fingerprint density at radius 1 is 1.11 bits per heavy atom. The second kappa shape index (κ2) is 7.89. The predicted molar refractivity (Wildman–Crippen MR) is 108 cm³/mol. The van der Waals surface area contributed by atoms with E-state index in [1.807, 2.05) is 48.5 Å². The third kappa shape index (κ3) is 3.52. The molecule has 2 aromatic carbocycles. The van der Waals surface area contributed by atoms with Crippen molar-refractivity contribution in [2.24, 2.45) is 0 Å². The van der Waals surface area contributed by atoms with Gasteiger partial charge in [-0.05, 0) is 30.5 Å². The number of carbonyl (C=O) groups is 2. The highest BCUT2D eigenvalue weighted by atomic mass is 16.5. The summed E-state index contributed by atoms with van der Waals surface area (Å²) in [5, 5.41) is 1.11. The molecule has 5 heteroatoms. The largest absolute Gasteiger partial charge is 0.465 e. The third-order valence-corrected chi connectivity index (χ3v) is 5.35. The highest BCUT2D eigenvalue weighted by Gasteiger charge is 2.33. The monoisotopic (exact) mass is 376 g/mol. The van der Waals surface area contributed by atoms with Gasteiger partial charge >= 0.3 is 5.97 Å². The van der Waals surface area contributed by atoms with Gasteiger partial charge < -0.3 is 14.6 Å². The molecule has 0 saturated carbocycles. The number of nitrogens with one attached hydrogen (secondary N) is 1. The molecule has 28 heavy (non-hydrogen) atoms. The molecular formula is C23H24N2O3. The summed E-state index contributed by atoms with van der Waals surface area (Å²) in [6.07, 6.45) is 1.06. The number of nitrogens with zero attached hydrogens (tertiary/aromatic N) is 1. The van der Waals surface area contributed by atoms with Gasteiger partial charge in [0.05, 0.1) is 13.0 Å². The number of aromatic amines is 1. The zero-order valence-corrected chi connectivity index (χ0v) is 16.0. The highest BCUT2D eigenvalue weighted by Crippen LogP contribution is 2.32. The number of carbonyl (C=O) groups excluding carboxylic acids is 2. The fourth-order valence-corrected chi connectivity index (χ4v) is 3.98. The van der Waals surface area contributed by atoms with E-state index in [0.29, 0.717) is 26.1 Å². The number of esters is 1. The van der Waals surface area contributed by atoms with Crippen LogP contribution in [-0.2, 0) is 27.2 Å². The zero-order chi connectivity index (χ0) is 19.5. The molecule has 0 bridgehead atoms. The van der Waals surface area contributed by atoms with Crippen molar-refractivity contribution in [1.82, 2.24) is 9.88 Å². The second-order valence-electron chi connectivity index (χ2n) is 7.12. The average molecular weight is 376 g/mol. The summed E-state index contributed by atoms with van der Waals surface area (Å²) in [5.74, 6) is -0.741. The summed E-state index contributed by atoms with van der Waals surface area (Å²) in [6, 6.07) is 17.8. The van der Waals surface area contributed by atoms with Gasteiger partial charge in [-0.2, -0.15) is 0 Å². The lowest BCUT2D eigenvalue weighted by Gasteiger charge is -2.24. The van der Waals surface area contributed by atoms with E-state index < -0.39 is 5.92 Å². The lowest BCUT2D eigenvalue weighted by atomic mass is 10.00. The number of hydrogen-bond donors (Lipinski definition) is 1. The van der Waals surface area contributed by atoms with Crippen LogP contribution in [-0.4, -0.2) is 41.5 Å². The number of amides is 1. The molecule has 1 amide bonds. The van der Waals surface area contributed by atoms with Crippen molar-refractivity contribution < 1.29 is 14.3 Å². The maximum Gasteiger partial charge on any atom is 0.316 e. The van der Waals surface area contributed by atoms with Gasteiger partial charge in [0, 0.05) is 29.7 Å². The van der Waals surface area contributed by atoms with E-state index in [1.165, 1.54) is 0 Å². The first kappa shape index (κ1) is 18.3. The van der Waals surface area contributed by atoms with Crippen LogP contribution in [0.2, 0.25) is 0 Å². The van der Waals surface area contributed by atoms with Crippen LogP contribution in [0.4, 0.5) is 0 Å². The molecule has 1 aliphatic rings. The van der Waals surface area contributed by atoms with Crippen molar-refractivity contribution in [2.75, 3.05) is 19.7 Å². The van der Waals surface area contributed by atoms with Crippen molar-refractivity contribution >= 4 is 22.8 Å². The topological polar surface area (TPSA) is 62.4 Å². The van der Waals surface area contributed by atoms with Crippen molar-refractivity contribution in [1.29, 1.82) is 0 Å². The summed E-state index contributed by atoms with van der Waals surface area (Å²) in [4.78, 5) is 30.9. The molecule has 0 spiro atoms. The van der Waals surface area contributed by atoms with Crippen LogP contribution < -0.4 is 0 Å². The Bertz CT molecular complexity index is 994. The van der Waals surface area contributed by atoms with E-state index in [0.717, 1.165) is 34.1 Å². The van der Waals surface area contributed by atoms with E-state index in [9.17, 15) is 9.59 Å². The molecule has 2 heterocycles. The zero-order valence-electron chi connectivity index (χ0n) is 16.0. The fraction of sp³-hybridized carbons (Fsp3) is 0.304. The van der Waals surface area contributed by atoms with Gasteiger partial charge in [0.15, 0.2) is 0 Å². The number of fused-ring (bicyclic) bond motifs is 3. The molecule has 1 atom stereocenters. The molecule has 3 aromatic rings. The summed E-state index contributed by atoms with van der Waals surface area (Å²) < 4.78 is 5.34. The minimum atomic E-state index is -0.496. The first-order valence-corrected chi connectivity index (χ1v) is 9.75. The Morgan fingerprint density at radius 3 is 2.64 bits per heavy atom. The number of H-pyrrole nitrogens is 1. The van der Waals surface area contributed by atoms with Crippen molar-refractivity contribution in [3.63, 3.8) is 0 Å². The lowest BCUT2D eigenvalue weighted by Crippen LogP contribution is -2.38. The first-order chi connectivity index (χ1) is 13.7. The summed E-state index contributed by atoms with van der Waals surface area (Å²) in [6.45, 7) is 3.06. The normalized spacial score (nSPS) is 16.5. The Hall–Kier alpha value is -3.08. The molecule has 0 aliphatic carbocycles. The predicted octanol–water partition coefficient (Wildman–Crippen LogP) is 3.44. The fourth-order valence-electron chi connectivity index (χ4n) is 3.98. The van der Waals surface area contributed by atoms with Gasteiger partial charge in [-0.25, -0.2) is 0 Å². The van der Waals surface area contributed by atoms with Crippen LogP contribution in [0.15, 0.2) is 54.6 Å². The number of ether oxygens (including phenoxy) is 1. The average Bonchev–Trinajstić information content (AvgIpc) is 2.96. The van der Waals surface area contributed by atoms with Crippen molar-refractivity contribution in [3.05, 3.63) is 71.4 Å². The Labute approximate surface area is 164 Å².